The summed E-state index contributed by atoms with van der Waals surface area (Å²) < 4.78 is 29.3. The van der Waals surface area contributed by atoms with Crippen molar-refractivity contribution in [2.24, 2.45) is 11.8 Å². The fraction of sp³-hybridized carbons (Fsp3) is 0.522. The summed E-state index contributed by atoms with van der Waals surface area (Å²) in [5, 5.41) is 2.91. The number of nitrogens with zero attached hydrogens (tertiary/aromatic N) is 4. The number of piperidine rings is 1. The smallest absolute Gasteiger partial charge is 0.243 e. The van der Waals surface area contributed by atoms with E-state index in [1.807, 2.05) is 10.8 Å². The minimum atomic E-state index is -3.53. The number of hydrogen-bond donors (Lipinski definition) is 1. The number of rotatable bonds is 8. The fourth-order valence-corrected chi connectivity index (χ4v) is 5.81. The number of benzene rings is 1. The Morgan fingerprint density at radius 3 is 2.58 bits per heavy atom. The van der Waals surface area contributed by atoms with Crippen LogP contribution >= 0.6 is 0 Å². The minimum absolute atomic E-state index is 0.130. The van der Waals surface area contributed by atoms with Gasteiger partial charge in [0.25, 0.3) is 0 Å². The number of carbonyl (C=O) groups excluding carboxylic acids is 2. The maximum absolute atomic E-state index is 12.9. The highest BCUT2D eigenvalue weighted by Gasteiger charge is 2.35. The molecule has 0 radical (unpaired) electrons. The molecule has 0 spiro atoms. The van der Waals surface area contributed by atoms with Crippen molar-refractivity contribution in [3.63, 3.8) is 0 Å². The van der Waals surface area contributed by atoms with Gasteiger partial charge in [-0.2, -0.15) is 4.31 Å². The number of sulfonamides is 1. The average Bonchev–Trinajstić information content (AvgIpc) is 3.47. The lowest BCUT2D eigenvalue weighted by Crippen LogP contribution is -2.37. The normalized spacial score (nSPS) is 20.3. The number of imidazole rings is 1. The van der Waals surface area contributed by atoms with Crippen molar-refractivity contribution < 1.29 is 18.0 Å². The number of hydrogen-bond acceptors (Lipinski definition) is 5. The summed E-state index contributed by atoms with van der Waals surface area (Å²) in [6.45, 7) is 4.80. The Labute approximate surface area is 194 Å². The molecule has 10 heteroatoms. The molecule has 33 heavy (non-hydrogen) atoms. The highest BCUT2D eigenvalue weighted by atomic mass is 32.2. The van der Waals surface area contributed by atoms with E-state index in [9.17, 15) is 18.0 Å². The average molecular weight is 474 g/mol. The van der Waals surface area contributed by atoms with Gasteiger partial charge in [0.15, 0.2) is 0 Å². The molecule has 1 aromatic carbocycles. The van der Waals surface area contributed by atoms with E-state index < -0.39 is 15.9 Å². The quantitative estimate of drug-likeness (QED) is 0.590. The Hall–Kier alpha value is -2.72. The molecule has 1 atom stereocenters. The largest absolute Gasteiger partial charge is 0.356 e. The molecule has 1 aromatic heterocycles. The van der Waals surface area contributed by atoms with E-state index in [1.165, 1.54) is 4.31 Å². The van der Waals surface area contributed by atoms with Crippen LogP contribution in [0.1, 0.15) is 32.6 Å². The van der Waals surface area contributed by atoms with Crippen molar-refractivity contribution in [3.05, 3.63) is 43.0 Å². The molecule has 9 nitrogen and oxygen atoms in total. The second-order valence-electron chi connectivity index (χ2n) is 8.93. The molecule has 0 unspecified atom stereocenters. The van der Waals surface area contributed by atoms with E-state index in [4.69, 9.17) is 0 Å². The zero-order valence-electron chi connectivity index (χ0n) is 18.9. The summed E-state index contributed by atoms with van der Waals surface area (Å²) in [7, 11) is -3.53. The van der Waals surface area contributed by atoms with Gasteiger partial charge in [-0.05, 0) is 49.4 Å². The first kappa shape index (κ1) is 23.4. The fourth-order valence-electron chi connectivity index (χ4n) is 4.34. The van der Waals surface area contributed by atoms with Gasteiger partial charge in [0, 0.05) is 57.2 Å². The van der Waals surface area contributed by atoms with E-state index in [2.05, 4.69) is 17.2 Å². The van der Waals surface area contributed by atoms with Crippen molar-refractivity contribution >= 4 is 27.5 Å². The van der Waals surface area contributed by atoms with E-state index in [0.29, 0.717) is 37.8 Å². The van der Waals surface area contributed by atoms with Crippen molar-refractivity contribution in [1.82, 2.24) is 19.2 Å². The monoisotopic (exact) mass is 473 g/mol. The number of aromatic nitrogens is 2. The van der Waals surface area contributed by atoms with E-state index >= 15 is 0 Å². The SMILES string of the molecule is CC1CCN(S(=O)(=O)c2ccc(N3C[C@H](C(=O)NCCCn4ccnc4)CC3=O)cc2)CC1. The second kappa shape index (κ2) is 10.0. The molecule has 4 rings (SSSR count). The van der Waals surface area contributed by atoms with Gasteiger partial charge in [-0.1, -0.05) is 6.92 Å². The Morgan fingerprint density at radius 2 is 1.91 bits per heavy atom. The van der Waals surface area contributed by atoms with Crippen molar-refractivity contribution in [2.75, 3.05) is 31.1 Å². The lowest BCUT2D eigenvalue weighted by atomic mass is 10.0. The Kier molecular flexibility index (Phi) is 7.14. The van der Waals surface area contributed by atoms with Crippen LogP contribution in [0.3, 0.4) is 0 Å². The van der Waals surface area contributed by atoms with Gasteiger partial charge >= 0.3 is 0 Å². The molecular weight excluding hydrogens is 442 g/mol. The Morgan fingerprint density at radius 1 is 1.18 bits per heavy atom. The highest BCUT2D eigenvalue weighted by molar-refractivity contribution is 7.89. The van der Waals surface area contributed by atoms with Crippen molar-refractivity contribution in [2.45, 2.75) is 44.0 Å². The molecule has 178 valence electrons. The molecule has 0 bridgehead atoms. The van der Waals surface area contributed by atoms with Crippen LogP contribution < -0.4 is 10.2 Å². The topological polar surface area (TPSA) is 105 Å². The maximum atomic E-state index is 12.9. The summed E-state index contributed by atoms with van der Waals surface area (Å²) in [6, 6.07) is 6.42. The highest BCUT2D eigenvalue weighted by Crippen LogP contribution is 2.28. The predicted molar refractivity (Wildman–Crippen MR) is 124 cm³/mol. The molecule has 2 fully saturated rings. The number of carbonyl (C=O) groups is 2. The molecule has 3 heterocycles. The van der Waals surface area contributed by atoms with Crippen LogP contribution in [0.4, 0.5) is 5.69 Å². The lowest BCUT2D eigenvalue weighted by Gasteiger charge is -2.29. The summed E-state index contributed by atoms with van der Waals surface area (Å²) in [5.41, 5.74) is 0.613. The van der Waals surface area contributed by atoms with Crippen molar-refractivity contribution in [3.8, 4) is 0 Å². The molecule has 2 aliphatic rings. The van der Waals surface area contributed by atoms with Crippen molar-refractivity contribution in [1.29, 1.82) is 0 Å². The first-order chi connectivity index (χ1) is 15.8. The first-order valence-electron chi connectivity index (χ1n) is 11.5. The van der Waals surface area contributed by atoms with E-state index in [-0.39, 0.29) is 23.1 Å². The summed E-state index contributed by atoms with van der Waals surface area (Å²) in [6.07, 6.45) is 7.99. The number of nitrogens with one attached hydrogen (secondary N) is 1. The summed E-state index contributed by atoms with van der Waals surface area (Å²) in [5.74, 6) is -0.129. The van der Waals surface area contributed by atoms with Gasteiger partial charge in [-0.3, -0.25) is 9.59 Å². The van der Waals surface area contributed by atoms with E-state index in [1.54, 1.807) is 41.7 Å². The van der Waals surface area contributed by atoms with E-state index in [0.717, 1.165) is 25.8 Å². The van der Waals surface area contributed by atoms with Crippen LogP contribution in [-0.4, -0.2) is 60.3 Å². The first-order valence-corrected chi connectivity index (χ1v) is 12.9. The molecule has 2 aliphatic heterocycles. The zero-order valence-corrected chi connectivity index (χ0v) is 19.7. The third-order valence-electron chi connectivity index (χ3n) is 6.48. The molecular formula is C23H31N5O4S. The number of amides is 2. The molecule has 0 aliphatic carbocycles. The standard InChI is InChI=1S/C23H31N5O4S/c1-18-7-12-27(13-8-18)33(31,32)21-5-3-20(4-6-21)28-16-19(15-22(28)29)23(30)25-9-2-11-26-14-10-24-17-26/h3-6,10,14,17-19H,2,7-9,11-13,15-16H2,1H3,(H,25,30)/t19-/m1/s1. The Balaban J connectivity index is 1.31. The maximum Gasteiger partial charge on any atom is 0.243 e. The lowest BCUT2D eigenvalue weighted by molar-refractivity contribution is -0.126. The number of aryl methyl sites for hydroxylation is 1. The molecule has 0 saturated carbocycles. The van der Waals surface area contributed by atoms with Gasteiger partial charge in [-0.15, -0.1) is 0 Å². The van der Waals surface area contributed by atoms with Gasteiger partial charge in [0.2, 0.25) is 21.8 Å². The van der Waals surface area contributed by atoms with Crippen LogP contribution in [0.25, 0.3) is 0 Å². The van der Waals surface area contributed by atoms with Gasteiger partial charge in [0.1, 0.15) is 0 Å². The second-order valence-corrected chi connectivity index (χ2v) is 10.9. The molecule has 1 N–H and O–H groups in total. The van der Waals surface area contributed by atoms with Crippen LogP contribution in [0.5, 0.6) is 0 Å². The molecule has 2 aromatic rings. The van der Waals surface area contributed by atoms with Gasteiger partial charge in [0.05, 0.1) is 17.1 Å². The zero-order chi connectivity index (χ0) is 23.4. The third kappa shape index (κ3) is 5.44. The van der Waals surface area contributed by atoms with Crippen LogP contribution in [0.15, 0.2) is 47.9 Å². The van der Waals surface area contributed by atoms with Crippen LogP contribution in [-0.2, 0) is 26.2 Å². The third-order valence-corrected chi connectivity index (χ3v) is 8.39. The van der Waals surface area contributed by atoms with Gasteiger partial charge < -0.3 is 14.8 Å². The van der Waals surface area contributed by atoms with Crippen LogP contribution in [0, 0.1) is 11.8 Å². The van der Waals surface area contributed by atoms with Gasteiger partial charge in [-0.25, -0.2) is 13.4 Å². The minimum Gasteiger partial charge on any atom is -0.356 e. The predicted octanol–water partition coefficient (Wildman–Crippen LogP) is 1.86. The molecule has 2 saturated heterocycles. The number of anilines is 1. The summed E-state index contributed by atoms with van der Waals surface area (Å²) in [4.78, 5) is 30.8. The van der Waals surface area contributed by atoms with Crippen LogP contribution in [0.2, 0.25) is 0 Å². The Bertz CT molecular complexity index is 1060. The summed E-state index contributed by atoms with van der Waals surface area (Å²) >= 11 is 0. The molecule has 2 amide bonds.